The van der Waals surface area contributed by atoms with Crippen LogP contribution in [0.5, 0.6) is 0 Å². The Morgan fingerprint density at radius 2 is 2.41 bits per heavy atom. The minimum absolute atomic E-state index is 0.650. The first-order chi connectivity index (χ1) is 8.29. The van der Waals surface area contributed by atoms with E-state index in [1.807, 2.05) is 0 Å². The third kappa shape index (κ3) is 1.81. The highest BCUT2D eigenvalue weighted by Crippen LogP contribution is 2.34. The quantitative estimate of drug-likeness (QED) is 0.886. The van der Waals surface area contributed by atoms with Crippen LogP contribution in [0.3, 0.4) is 0 Å². The molecule has 3 nitrogen and oxygen atoms in total. The molecule has 90 valence electrons. The van der Waals surface area contributed by atoms with Crippen LogP contribution in [0, 0.1) is 12.8 Å². The van der Waals surface area contributed by atoms with E-state index in [9.17, 15) is 0 Å². The van der Waals surface area contributed by atoms with Gasteiger partial charge in [0.25, 0.3) is 0 Å². The zero-order valence-corrected chi connectivity index (χ0v) is 10.8. The minimum atomic E-state index is 0.650. The van der Waals surface area contributed by atoms with Crippen LogP contribution in [-0.4, -0.2) is 24.0 Å². The second-order valence-electron chi connectivity index (χ2n) is 4.75. The molecule has 0 bridgehead atoms. The monoisotopic (exact) mass is 247 g/mol. The molecular weight excluding hydrogens is 230 g/mol. The molecule has 17 heavy (non-hydrogen) atoms. The summed E-state index contributed by atoms with van der Waals surface area (Å²) in [6, 6.07) is 6.49. The smallest absolute Gasteiger partial charge is 0.0610 e. The molecule has 1 saturated heterocycles. The third-order valence-corrected chi connectivity index (χ3v) is 4.51. The number of nitrogens with zero attached hydrogens (tertiary/aromatic N) is 2. The number of hydrogen-bond acceptors (Lipinski definition) is 4. The van der Waals surface area contributed by atoms with Crippen molar-refractivity contribution in [3.8, 4) is 0 Å². The van der Waals surface area contributed by atoms with Gasteiger partial charge in [-0.15, -0.1) is 0 Å². The van der Waals surface area contributed by atoms with Crippen molar-refractivity contribution >= 4 is 27.3 Å². The first-order valence-corrected chi connectivity index (χ1v) is 6.87. The molecule has 2 aromatic rings. The van der Waals surface area contributed by atoms with E-state index in [4.69, 9.17) is 5.73 Å². The van der Waals surface area contributed by atoms with Gasteiger partial charge in [0.2, 0.25) is 0 Å². The summed E-state index contributed by atoms with van der Waals surface area (Å²) in [6.07, 6.45) is 1.21. The van der Waals surface area contributed by atoms with E-state index in [1.54, 1.807) is 11.5 Å². The van der Waals surface area contributed by atoms with Crippen LogP contribution >= 0.6 is 11.5 Å². The molecule has 0 spiro atoms. The molecule has 2 N–H and O–H groups in total. The number of aromatic nitrogens is 1. The molecule has 1 aliphatic rings. The average molecular weight is 247 g/mol. The maximum atomic E-state index is 5.76. The summed E-state index contributed by atoms with van der Waals surface area (Å²) in [5.41, 5.74) is 8.25. The van der Waals surface area contributed by atoms with Gasteiger partial charge in [-0.2, -0.15) is 4.37 Å². The van der Waals surface area contributed by atoms with Crippen molar-refractivity contribution in [2.75, 3.05) is 24.5 Å². The predicted molar refractivity (Wildman–Crippen MR) is 73.7 cm³/mol. The van der Waals surface area contributed by atoms with E-state index < -0.39 is 0 Å². The maximum Gasteiger partial charge on any atom is 0.0610 e. The Kier molecular flexibility index (Phi) is 2.76. The lowest BCUT2D eigenvalue weighted by Gasteiger charge is -2.19. The van der Waals surface area contributed by atoms with Gasteiger partial charge in [0.05, 0.1) is 10.4 Å². The average Bonchev–Trinajstić information content (AvgIpc) is 2.96. The van der Waals surface area contributed by atoms with E-state index in [0.717, 1.165) is 25.3 Å². The Labute approximate surface area is 105 Å². The molecule has 1 aliphatic heterocycles. The maximum absolute atomic E-state index is 5.76. The molecule has 1 aromatic heterocycles. The fourth-order valence-electron chi connectivity index (χ4n) is 2.63. The lowest BCUT2D eigenvalue weighted by atomic mass is 10.1. The second-order valence-corrected chi connectivity index (χ2v) is 5.56. The first-order valence-electron chi connectivity index (χ1n) is 6.09. The Balaban J connectivity index is 2.03. The molecular formula is C13H17N3S. The predicted octanol–water partition coefficient (Wildman–Crippen LogP) is 2.39. The summed E-state index contributed by atoms with van der Waals surface area (Å²) < 4.78 is 5.75. The largest absolute Gasteiger partial charge is 0.371 e. The van der Waals surface area contributed by atoms with E-state index >= 15 is 0 Å². The van der Waals surface area contributed by atoms with E-state index in [0.29, 0.717) is 5.92 Å². The number of anilines is 1. The van der Waals surface area contributed by atoms with Crippen molar-refractivity contribution in [2.45, 2.75) is 13.3 Å². The Morgan fingerprint density at radius 1 is 1.53 bits per heavy atom. The molecule has 3 rings (SSSR count). The van der Waals surface area contributed by atoms with Gasteiger partial charge in [-0.25, -0.2) is 0 Å². The summed E-state index contributed by atoms with van der Waals surface area (Å²) in [4.78, 5) is 2.46. The first kappa shape index (κ1) is 11.0. The molecule has 0 radical (unpaired) electrons. The normalized spacial score (nSPS) is 20.4. The van der Waals surface area contributed by atoms with Crippen molar-refractivity contribution < 1.29 is 0 Å². The van der Waals surface area contributed by atoms with Crippen molar-refractivity contribution in [1.29, 1.82) is 0 Å². The zero-order valence-electron chi connectivity index (χ0n) is 10.0. The lowest BCUT2D eigenvalue weighted by molar-refractivity contribution is 0.603. The summed E-state index contributed by atoms with van der Waals surface area (Å²) >= 11 is 1.59. The van der Waals surface area contributed by atoms with Gasteiger partial charge in [-0.3, -0.25) is 0 Å². The fourth-order valence-corrected chi connectivity index (χ4v) is 3.44. The lowest BCUT2D eigenvalue weighted by Crippen LogP contribution is -2.22. The van der Waals surface area contributed by atoms with Gasteiger partial charge in [0, 0.05) is 24.2 Å². The highest BCUT2D eigenvalue weighted by molar-refractivity contribution is 7.13. The van der Waals surface area contributed by atoms with Gasteiger partial charge in [0.1, 0.15) is 0 Å². The van der Waals surface area contributed by atoms with Crippen LogP contribution in [0.25, 0.3) is 10.1 Å². The van der Waals surface area contributed by atoms with Gasteiger partial charge >= 0.3 is 0 Å². The highest BCUT2D eigenvalue weighted by Gasteiger charge is 2.23. The number of rotatable bonds is 2. The summed E-state index contributed by atoms with van der Waals surface area (Å²) in [5, 5.41) is 1.33. The second kappa shape index (κ2) is 4.27. The topological polar surface area (TPSA) is 42.2 Å². The van der Waals surface area contributed by atoms with Gasteiger partial charge in [-0.1, -0.05) is 6.07 Å². The van der Waals surface area contributed by atoms with Crippen LogP contribution < -0.4 is 10.6 Å². The van der Waals surface area contributed by atoms with Gasteiger partial charge in [0.15, 0.2) is 0 Å². The Morgan fingerprint density at radius 3 is 3.18 bits per heavy atom. The fraction of sp³-hybridized carbons (Fsp3) is 0.462. The van der Waals surface area contributed by atoms with Crippen LogP contribution in [0.1, 0.15) is 12.1 Å². The molecule has 0 saturated carbocycles. The Bertz CT molecular complexity index is 534. The minimum Gasteiger partial charge on any atom is -0.371 e. The summed E-state index contributed by atoms with van der Waals surface area (Å²) in [5.74, 6) is 0.650. The van der Waals surface area contributed by atoms with E-state index in [1.165, 1.54) is 22.2 Å². The van der Waals surface area contributed by atoms with Crippen molar-refractivity contribution in [3.05, 3.63) is 23.9 Å². The third-order valence-electron chi connectivity index (χ3n) is 3.61. The number of nitrogens with two attached hydrogens (primary N) is 1. The van der Waals surface area contributed by atoms with Crippen molar-refractivity contribution in [1.82, 2.24) is 4.37 Å². The van der Waals surface area contributed by atoms with E-state index in [-0.39, 0.29) is 0 Å². The molecule has 2 heterocycles. The summed E-state index contributed by atoms with van der Waals surface area (Å²) in [7, 11) is 0. The zero-order chi connectivity index (χ0) is 11.8. The molecule has 1 unspecified atom stereocenters. The van der Waals surface area contributed by atoms with Gasteiger partial charge in [-0.05, 0) is 49.5 Å². The molecule has 0 aliphatic carbocycles. The number of fused-ring (bicyclic) bond motifs is 1. The van der Waals surface area contributed by atoms with Crippen molar-refractivity contribution in [3.63, 3.8) is 0 Å². The van der Waals surface area contributed by atoms with Crippen LogP contribution in [-0.2, 0) is 0 Å². The number of aryl methyl sites for hydroxylation is 1. The molecule has 1 atom stereocenters. The molecule has 1 fully saturated rings. The molecule has 4 heteroatoms. The van der Waals surface area contributed by atoms with Crippen LogP contribution in [0.15, 0.2) is 18.2 Å². The highest BCUT2D eigenvalue weighted by atomic mass is 32.1. The Hall–Kier alpha value is -1.13. The summed E-state index contributed by atoms with van der Waals surface area (Å²) in [6.45, 7) is 5.10. The number of hydrogen-bond donors (Lipinski definition) is 1. The number of benzene rings is 1. The van der Waals surface area contributed by atoms with E-state index in [2.05, 4.69) is 34.4 Å². The standard InChI is InChI=1S/C13H17N3S/c1-9-13-11(3-2-4-12(13)17-15-9)16-6-5-10(7-14)8-16/h2-4,10H,5-8,14H2,1H3. The van der Waals surface area contributed by atoms with Crippen LogP contribution in [0.4, 0.5) is 5.69 Å². The van der Waals surface area contributed by atoms with Gasteiger partial charge < -0.3 is 10.6 Å². The van der Waals surface area contributed by atoms with Crippen molar-refractivity contribution in [2.24, 2.45) is 11.7 Å². The molecule has 0 amide bonds. The molecule has 1 aromatic carbocycles. The van der Waals surface area contributed by atoms with Crippen LogP contribution in [0.2, 0.25) is 0 Å². The SMILES string of the molecule is Cc1nsc2cccc(N3CCC(CN)C3)c12.